The first-order valence-electron chi connectivity index (χ1n) is 7.54. The third kappa shape index (κ3) is 2.10. The van der Waals surface area contributed by atoms with E-state index in [1.165, 1.54) is 0 Å². The Morgan fingerprint density at radius 3 is 2.79 bits per heavy atom. The largest absolute Gasteiger partial charge is 0.454 e. The second kappa shape index (κ2) is 5.26. The number of rotatable bonds is 2. The van der Waals surface area contributed by atoms with Crippen LogP contribution in [0.4, 0.5) is 0 Å². The Morgan fingerprint density at radius 1 is 1.21 bits per heavy atom. The number of nitrogens with zero attached hydrogens (tertiary/aromatic N) is 1. The van der Waals surface area contributed by atoms with Gasteiger partial charge in [0.25, 0.3) is 5.88 Å². The molecule has 0 unspecified atom stereocenters. The molecule has 8 heteroatoms. The van der Waals surface area contributed by atoms with Crippen LogP contribution in [0.5, 0.6) is 11.5 Å². The van der Waals surface area contributed by atoms with Crippen molar-refractivity contribution < 1.29 is 23.9 Å². The van der Waals surface area contributed by atoms with Crippen molar-refractivity contribution in [1.29, 1.82) is 0 Å². The van der Waals surface area contributed by atoms with E-state index in [0.29, 0.717) is 47.7 Å². The van der Waals surface area contributed by atoms with Gasteiger partial charge in [-0.1, -0.05) is 6.07 Å². The van der Waals surface area contributed by atoms with Crippen molar-refractivity contribution >= 4 is 5.78 Å². The number of carbonyl (C=O) groups is 1. The third-order valence-electron chi connectivity index (χ3n) is 4.38. The van der Waals surface area contributed by atoms with Crippen LogP contribution in [0.15, 0.2) is 41.1 Å². The van der Waals surface area contributed by atoms with Crippen molar-refractivity contribution in [2.75, 3.05) is 6.79 Å². The molecule has 0 amide bonds. The van der Waals surface area contributed by atoms with Crippen LogP contribution >= 0.6 is 0 Å². The van der Waals surface area contributed by atoms with Crippen LogP contribution in [-0.4, -0.2) is 17.5 Å². The van der Waals surface area contributed by atoms with Gasteiger partial charge in [-0.2, -0.15) is 0 Å². The number of hydrogen-bond donors (Lipinski definition) is 1. The highest BCUT2D eigenvalue weighted by atomic mass is 16.7. The highest BCUT2D eigenvalue weighted by molar-refractivity contribution is 5.99. The van der Waals surface area contributed by atoms with E-state index in [-0.39, 0.29) is 24.2 Å². The zero-order chi connectivity index (χ0) is 16.8. The van der Waals surface area contributed by atoms with Gasteiger partial charge in [-0.25, -0.2) is 0 Å². The molecule has 4 rings (SSSR count). The van der Waals surface area contributed by atoms with Crippen LogP contribution in [0.1, 0.15) is 30.7 Å². The molecule has 0 aromatic heterocycles. The maximum atomic E-state index is 12.4. The van der Waals surface area contributed by atoms with Gasteiger partial charge in [0.15, 0.2) is 17.3 Å². The Bertz CT molecular complexity index is 826. The van der Waals surface area contributed by atoms with Gasteiger partial charge in [0.2, 0.25) is 6.79 Å². The third-order valence-corrected chi connectivity index (χ3v) is 4.38. The minimum atomic E-state index is -0.869. The molecule has 124 valence electrons. The van der Waals surface area contributed by atoms with Gasteiger partial charge in [0.05, 0.1) is 10.5 Å². The highest BCUT2D eigenvalue weighted by Gasteiger charge is 2.44. The van der Waals surface area contributed by atoms with E-state index >= 15 is 0 Å². The minimum Gasteiger partial charge on any atom is -0.454 e. The summed E-state index contributed by atoms with van der Waals surface area (Å²) in [6, 6.07) is 5.02. The Labute approximate surface area is 136 Å². The van der Waals surface area contributed by atoms with E-state index < -0.39 is 10.8 Å². The number of allylic oxidation sites excluding steroid dienone is 2. The molecular formula is C16H14N2O6. The Balaban J connectivity index is 1.89. The van der Waals surface area contributed by atoms with E-state index in [1.54, 1.807) is 18.2 Å². The molecule has 0 fully saturated rings. The second-order valence-electron chi connectivity index (χ2n) is 5.77. The van der Waals surface area contributed by atoms with Crippen LogP contribution < -0.4 is 15.2 Å². The molecule has 3 aliphatic rings. The summed E-state index contributed by atoms with van der Waals surface area (Å²) in [7, 11) is 0. The summed E-state index contributed by atoms with van der Waals surface area (Å²) in [6.45, 7) is 0.0967. The number of nitrogens with two attached hydrogens (primary N) is 1. The quantitative estimate of drug-likeness (QED) is 0.651. The van der Waals surface area contributed by atoms with Crippen molar-refractivity contribution in [1.82, 2.24) is 0 Å². The number of ketones is 1. The fraction of sp³-hybridized carbons (Fsp3) is 0.312. The molecule has 24 heavy (non-hydrogen) atoms. The zero-order valence-electron chi connectivity index (χ0n) is 12.6. The van der Waals surface area contributed by atoms with Crippen molar-refractivity contribution in [3.63, 3.8) is 0 Å². The maximum Gasteiger partial charge on any atom is 0.317 e. The number of benzene rings is 1. The molecule has 8 nitrogen and oxygen atoms in total. The number of carbonyl (C=O) groups excluding carboxylic acids is 1. The molecular weight excluding hydrogens is 316 g/mol. The van der Waals surface area contributed by atoms with Gasteiger partial charge in [-0.15, -0.1) is 0 Å². The van der Waals surface area contributed by atoms with E-state index in [0.717, 1.165) is 0 Å². The monoisotopic (exact) mass is 330 g/mol. The lowest BCUT2D eigenvalue weighted by Crippen LogP contribution is -2.30. The number of fused-ring (bicyclic) bond motifs is 1. The Hall–Kier alpha value is -3.03. The van der Waals surface area contributed by atoms with Gasteiger partial charge < -0.3 is 19.9 Å². The van der Waals surface area contributed by atoms with Crippen molar-refractivity contribution in [2.24, 2.45) is 5.73 Å². The minimum absolute atomic E-state index is 0.0967. The first-order valence-corrected chi connectivity index (χ1v) is 7.54. The van der Waals surface area contributed by atoms with Gasteiger partial charge in [0, 0.05) is 12.8 Å². The second-order valence-corrected chi connectivity index (χ2v) is 5.77. The van der Waals surface area contributed by atoms with E-state index in [2.05, 4.69) is 0 Å². The summed E-state index contributed by atoms with van der Waals surface area (Å²) >= 11 is 0. The molecule has 2 N–H and O–H groups in total. The van der Waals surface area contributed by atoms with Crippen molar-refractivity contribution in [2.45, 2.75) is 25.2 Å². The van der Waals surface area contributed by atoms with Crippen LogP contribution in [-0.2, 0) is 9.53 Å². The van der Waals surface area contributed by atoms with E-state index in [9.17, 15) is 14.9 Å². The van der Waals surface area contributed by atoms with Crippen molar-refractivity contribution in [3.05, 3.63) is 56.8 Å². The van der Waals surface area contributed by atoms with E-state index in [1.807, 2.05) is 0 Å². The molecule has 1 aromatic carbocycles. The molecule has 2 aliphatic heterocycles. The fourth-order valence-electron chi connectivity index (χ4n) is 3.34. The Kier molecular flexibility index (Phi) is 3.19. The number of ether oxygens (including phenoxy) is 3. The highest BCUT2D eigenvalue weighted by Crippen LogP contribution is 2.45. The van der Waals surface area contributed by atoms with Crippen LogP contribution in [0.3, 0.4) is 0 Å². The Morgan fingerprint density at radius 2 is 2.00 bits per heavy atom. The lowest BCUT2D eigenvalue weighted by molar-refractivity contribution is -0.433. The van der Waals surface area contributed by atoms with Gasteiger partial charge >= 0.3 is 5.70 Å². The lowest BCUT2D eigenvalue weighted by Gasteiger charge is -2.29. The van der Waals surface area contributed by atoms with Crippen molar-refractivity contribution in [3.8, 4) is 11.5 Å². The predicted molar refractivity (Wildman–Crippen MR) is 80.5 cm³/mol. The molecule has 0 saturated heterocycles. The molecule has 2 heterocycles. The summed E-state index contributed by atoms with van der Waals surface area (Å²) in [5, 5.41) is 11.6. The first kappa shape index (κ1) is 14.6. The topological polar surface area (TPSA) is 114 Å². The molecule has 0 radical (unpaired) electrons. The van der Waals surface area contributed by atoms with Crippen LogP contribution in [0.25, 0.3) is 0 Å². The predicted octanol–water partition coefficient (Wildman–Crippen LogP) is 1.94. The summed E-state index contributed by atoms with van der Waals surface area (Å²) in [4.78, 5) is 23.4. The maximum absolute atomic E-state index is 12.4. The van der Waals surface area contributed by atoms with Crippen LogP contribution in [0.2, 0.25) is 0 Å². The average Bonchev–Trinajstić information content (AvgIpc) is 3.00. The summed E-state index contributed by atoms with van der Waals surface area (Å²) in [5.41, 5.74) is 6.35. The molecule has 1 aliphatic carbocycles. The normalized spacial score (nSPS) is 22.3. The standard InChI is InChI=1S/C16H14N2O6/c17-16-15(18(20)21)13(14-9(19)2-1-3-11(14)24-16)8-4-5-10-12(6-8)23-7-22-10/h4-6,13H,1-3,7,17H2/t13-/m1/s1. The summed E-state index contributed by atoms with van der Waals surface area (Å²) < 4.78 is 16.0. The zero-order valence-corrected chi connectivity index (χ0v) is 12.6. The smallest absolute Gasteiger partial charge is 0.317 e. The average molecular weight is 330 g/mol. The van der Waals surface area contributed by atoms with Gasteiger partial charge in [-0.05, 0) is 24.1 Å². The van der Waals surface area contributed by atoms with Gasteiger partial charge in [-0.3, -0.25) is 14.9 Å². The number of hydrogen-bond acceptors (Lipinski definition) is 7. The van der Waals surface area contributed by atoms with E-state index in [4.69, 9.17) is 19.9 Å². The molecule has 0 bridgehead atoms. The molecule has 1 aromatic rings. The molecule has 0 saturated carbocycles. The first-order chi connectivity index (χ1) is 11.6. The van der Waals surface area contributed by atoms with Gasteiger partial charge in [0.1, 0.15) is 11.7 Å². The summed E-state index contributed by atoms with van der Waals surface area (Å²) in [6.07, 6.45) is 1.52. The lowest BCUT2D eigenvalue weighted by atomic mass is 9.79. The summed E-state index contributed by atoms with van der Waals surface area (Å²) in [5.74, 6) is 0.199. The van der Waals surface area contributed by atoms with Crippen LogP contribution in [0, 0.1) is 10.1 Å². The number of Topliss-reactive ketones (excluding diaryl/α,β-unsaturated/α-hetero) is 1. The molecule has 0 spiro atoms. The number of nitro groups is 1. The molecule has 1 atom stereocenters. The fourth-order valence-corrected chi connectivity index (χ4v) is 3.34. The SMILES string of the molecule is NC1=C([N+](=O)[O-])[C@H](c2ccc3c(c2)OCO3)C2=C(CCCC2=O)O1.